The van der Waals surface area contributed by atoms with Crippen molar-refractivity contribution < 1.29 is 9.53 Å². The summed E-state index contributed by atoms with van der Waals surface area (Å²) < 4.78 is 7.81. The van der Waals surface area contributed by atoms with Gasteiger partial charge < -0.3 is 10.1 Å². The minimum Gasteiger partial charge on any atom is -0.492 e. The molecule has 0 radical (unpaired) electrons. The fraction of sp³-hybridized carbons (Fsp3) is 0.524. The smallest absolute Gasteiger partial charge is 0.227 e. The lowest BCUT2D eigenvalue weighted by Crippen LogP contribution is -2.37. The van der Waals surface area contributed by atoms with Crippen molar-refractivity contribution in [3.8, 4) is 5.75 Å². The third kappa shape index (κ3) is 4.16. The predicted molar refractivity (Wildman–Crippen MR) is 103 cm³/mol. The van der Waals surface area contributed by atoms with Crippen molar-refractivity contribution >= 4 is 5.91 Å². The standard InChI is InChI=1S/C21H28N4O2/c1-15(2)12-24-7-8-25-19(13-24)10-18(23-25)11-22-21(26)17-9-16-5-3-4-6-20(16)27-14-17/h3-6,10,15,17H,7-9,11-14H2,1-2H3,(H,22,26). The molecule has 0 saturated heterocycles. The number of benzene rings is 1. The van der Waals surface area contributed by atoms with E-state index in [0.717, 1.165) is 49.6 Å². The van der Waals surface area contributed by atoms with Crippen LogP contribution in [-0.4, -0.2) is 40.3 Å². The summed E-state index contributed by atoms with van der Waals surface area (Å²) in [5.74, 6) is 1.46. The van der Waals surface area contributed by atoms with Gasteiger partial charge in [-0.15, -0.1) is 0 Å². The normalized spacial score (nSPS) is 19.3. The molecule has 0 fully saturated rings. The lowest BCUT2D eigenvalue weighted by molar-refractivity contribution is -0.126. The summed E-state index contributed by atoms with van der Waals surface area (Å²) in [7, 11) is 0. The van der Waals surface area contributed by atoms with Crippen molar-refractivity contribution in [3.05, 3.63) is 47.3 Å². The van der Waals surface area contributed by atoms with Crippen molar-refractivity contribution in [2.24, 2.45) is 11.8 Å². The number of carbonyl (C=O) groups is 1. The first kappa shape index (κ1) is 18.0. The number of nitrogens with one attached hydrogen (secondary N) is 1. The van der Waals surface area contributed by atoms with Crippen LogP contribution >= 0.6 is 0 Å². The van der Waals surface area contributed by atoms with E-state index in [1.807, 2.05) is 24.3 Å². The largest absolute Gasteiger partial charge is 0.492 e. The molecule has 0 saturated carbocycles. The fourth-order valence-electron chi connectivity index (χ4n) is 3.96. The van der Waals surface area contributed by atoms with E-state index >= 15 is 0 Å². The Hall–Kier alpha value is -2.34. The molecule has 2 aliphatic heterocycles. The van der Waals surface area contributed by atoms with Crippen molar-refractivity contribution in [2.75, 3.05) is 19.7 Å². The summed E-state index contributed by atoms with van der Waals surface area (Å²) in [5.41, 5.74) is 3.27. The lowest BCUT2D eigenvalue weighted by atomic mass is 9.96. The zero-order valence-electron chi connectivity index (χ0n) is 16.1. The molecule has 1 aromatic carbocycles. The Morgan fingerprint density at radius 1 is 1.33 bits per heavy atom. The molecule has 2 aliphatic rings. The number of aromatic nitrogens is 2. The summed E-state index contributed by atoms with van der Waals surface area (Å²) in [6.07, 6.45) is 0.728. The number of para-hydroxylation sites is 1. The Balaban J connectivity index is 1.32. The molecule has 0 aliphatic carbocycles. The molecule has 1 amide bonds. The predicted octanol–water partition coefficient (Wildman–Crippen LogP) is 2.22. The molecule has 6 nitrogen and oxygen atoms in total. The van der Waals surface area contributed by atoms with Crippen molar-refractivity contribution in [1.82, 2.24) is 20.0 Å². The maximum Gasteiger partial charge on any atom is 0.227 e. The van der Waals surface area contributed by atoms with Crippen molar-refractivity contribution in [2.45, 2.75) is 39.9 Å². The number of amides is 1. The van der Waals surface area contributed by atoms with Crippen molar-refractivity contribution in [1.29, 1.82) is 0 Å². The fourth-order valence-corrected chi connectivity index (χ4v) is 3.96. The molecule has 1 unspecified atom stereocenters. The van der Waals surface area contributed by atoms with Crippen LogP contribution in [0.1, 0.15) is 30.8 Å². The zero-order chi connectivity index (χ0) is 18.8. The lowest BCUT2D eigenvalue weighted by Gasteiger charge is -2.28. The SMILES string of the molecule is CC(C)CN1CCn2nc(CNC(=O)C3COc4ccccc4C3)cc2C1. The van der Waals surface area contributed by atoms with E-state index in [4.69, 9.17) is 4.74 Å². The van der Waals surface area contributed by atoms with Crippen LogP contribution in [0, 0.1) is 11.8 Å². The van der Waals surface area contributed by atoms with Crippen molar-refractivity contribution in [3.63, 3.8) is 0 Å². The van der Waals surface area contributed by atoms with Crippen LogP contribution in [-0.2, 0) is 30.8 Å². The second-order valence-corrected chi connectivity index (χ2v) is 8.02. The molecular weight excluding hydrogens is 340 g/mol. The summed E-state index contributed by atoms with van der Waals surface area (Å²) in [6.45, 7) is 9.42. The van der Waals surface area contributed by atoms with Gasteiger partial charge in [0.25, 0.3) is 0 Å². The van der Waals surface area contributed by atoms with Gasteiger partial charge >= 0.3 is 0 Å². The number of hydrogen-bond acceptors (Lipinski definition) is 4. The number of hydrogen-bond donors (Lipinski definition) is 1. The molecule has 0 spiro atoms. The number of fused-ring (bicyclic) bond motifs is 2. The third-order valence-corrected chi connectivity index (χ3v) is 5.24. The first-order chi connectivity index (χ1) is 13.1. The van der Waals surface area contributed by atoms with Gasteiger partial charge in [0.1, 0.15) is 12.4 Å². The van der Waals surface area contributed by atoms with E-state index in [9.17, 15) is 4.79 Å². The highest BCUT2D eigenvalue weighted by atomic mass is 16.5. The van der Waals surface area contributed by atoms with E-state index in [1.165, 1.54) is 5.69 Å². The highest BCUT2D eigenvalue weighted by Crippen LogP contribution is 2.26. The molecular formula is C21H28N4O2. The Morgan fingerprint density at radius 3 is 3.04 bits per heavy atom. The third-order valence-electron chi connectivity index (χ3n) is 5.24. The molecule has 3 heterocycles. The molecule has 1 N–H and O–H groups in total. The second kappa shape index (κ2) is 7.72. The Kier molecular flexibility index (Phi) is 5.16. The number of ether oxygens (including phenoxy) is 1. The summed E-state index contributed by atoms with van der Waals surface area (Å²) in [6, 6.07) is 10.1. The average molecular weight is 368 g/mol. The van der Waals surface area contributed by atoms with E-state index in [2.05, 4.69) is 39.9 Å². The molecule has 6 heteroatoms. The summed E-state index contributed by atoms with van der Waals surface area (Å²) >= 11 is 0. The number of carbonyl (C=O) groups excluding carboxylic acids is 1. The Labute approximate surface area is 160 Å². The number of rotatable bonds is 5. The van der Waals surface area contributed by atoms with Gasteiger partial charge in [0.15, 0.2) is 0 Å². The molecule has 27 heavy (non-hydrogen) atoms. The van der Waals surface area contributed by atoms with Gasteiger partial charge in [-0.25, -0.2) is 0 Å². The zero-order valence-corrected chi connectivity index (χ0v) is 16.1. The van der Waals surface area contributed by atoms with Crippen LogP contribution in [0.5, 0.6) is 5.75 Å². The van der Waals surface area contributed by atoms with Gasteiger partial charge in [-0.2, -0.15) is 5.10 Å². The second-order valence-electron chi connectivity index (χ2n) is 8.02. The first-order valence-electron chi connectivity index (χ1n) is 9.85. The van der Waals surface area contributed by atoms with Gasteiger partial charge in [0.05, 0.1) is 30.4 Å². The highest BCUT2D eigenvalue weighted by Gasteiger charge is 2.26. The minimum atomic E-state index is -0.140. The maximum atomic E-state index is 12.6. The summed E-state index contributed by atoms with van der Waals surface area (Å²) in [4.78, 5) is 15.0. The highest BCUT2D eigenvalue weighted by molar-refractivity contribution is 5.79. The minimum absolute atomic E-state index is 0.0388. The van der Waals surface area contributed by atoms with Gasteiger partial charge in [-0.05, 0) is 30.0 Å². The van der Waals surface area contributed by atoms with Crippen LogP contribution in [0.2, 0.25) is 0 Å². The molecule has 0 bridgehead atoms. The van der Waals surface area contributed by atoms with Gasteiger partial charge in [0, 0.05) is 19.6 Å². The van der Waals surface area contributed by atoms with Crippen LogP contribution in [0.25, 0.3) is 0 Å². The first-order valence-corrected chi connectivity index (χ1v) is 9.85. The Bertz CT molecular complexity index is 814. The van der Waals surface area contributed by atoms with Crippen LogP contribution in [0.4, 0.5) is 0 Å². The van der Waals surface area contributed by atoms with Crippen LogP contribution in [0.15, 0.2) is 30.3 Å². The summed E-state index contributed by atoms with van der Waals surface area (Å²) in [5, 5.41) is 7.71. The van der Waals surface area contributed by atoms with E-state index < -0.39 is 0 Å². The number of nitrogens with zero attached hydrogens (tertiary/aromatic N) is 3. The molecule has 144 valence electrons. The Morgan fingerprint density at radius 2 is 2.19 bits per heavy atom. The molecule has 1 atom stereocenters. The van der Waals surface area contributed by atoms with Gasteiger partial charge in [-0.1, -0.05) is 32.0 Å². The van der Waals surface area contributed by atoms with Crippen LogP contribution in [0.3, 0.4) is 0 Å². The van der Waals surface area contributed by atoms with Gasteiger partial charge in [-0.3, -0.25) is 14.4 Å². The van der Waals surface area contributed by atoms with Crippen LogP contribution < -0.4 is 10.1 Å². The average Bonchev–Trinajstić information content (AvgIpc) is 3.07. The molecule has 1 aromatic heterocycles. The van der Waals surface area contributed by atoms with Gasteiger partial charge in [0.2, 0.25) is 5.91 Å². The van der Waals surface area contributed by atoms with E-state index in [1.54, 1.807) is 0 Å². The molecule has 4 rings (SSSR count). The maximum absolute atomic E-state index is 12.6. The van der Waals surface area contributed by atoms with E-state index in [0.29, 0.717) is 19.1 Å². The monoisotopic (exact) mass is 368 g/mol. The van der Waals surface area contributed by atoms with E-state index in [-0.39, 0.29) is 11.8 Å². The molecule has 2 aromatic rings. The quantitative estimate of drug-likeness (QED) is 0.879. The topological polar surface area (TPSA) is 59.4 Å².